The van der Waals surface area contributed by atoms with Crippen LogP contribution in [0.15, 0.2) is 24.3 Å². The molecule has 0 saturated heterocycles. The van der Waals surface area contributed by atoms with E-state index in [0.717, 1.165) is 31.0 Å². The van der Waals surface area contributed by atoms with Crippen LogP contribution in [0.25, 0.3) is 0 Å². The van der Waals surface area contributed by atoms with E-state index in [1.54, 1.807) is 0 Å². The second kappa shape index (κ2) is 5.58. The lowest BCUT2D eigenvalue weighted by Crippen LogP contribution is -2.25. The summed E-state index contributed by atoms with van der Waals surface area (Å²) >= 11 is 5.95. The number of hydrogen-bond acceptors (Lipinski definition) is 2. The summed E-state index contributed by atoms with van der Waals surface area (Å²) in [4.78, 5) is 0. The first-order valence-electron chi connectivity index (χ1n) is 7.19. The van der Waals surface area contributed by atoms with E-state index in [2.05, 4.69) is 36.0 Å². The van der Waals surface area contributed by atoms with Crippen LogP contribution in [0.5, 0.6) is 0 Å². The molecule has 0 fully saturated rings. The predicted octanol–water partition coefficient (Wildman–Crippen LogP) is 3.35. The number of benzene rings is 1. The molecule has 2 aromatic rings. The highest BCUT2D eigenvalue weighted by molar-refractivity contribution is 6.30. The molecule has 3 rings (SSSR count). The summed E-state index contributed by atoms with van der Waals surface area (Å²) < 4.78 is 2.20. The van der Waals surface area contributed by atoms with Crippen molar-refractivity contribution in [1.29, 1.82) is 0 Å². The average molecular weight is 290 g/mol. The third-order valence-electron chi connectivity index (χ3n) is 3.82. The highest BCUT2D eigenvalue weighted by Gasteiger charge is 2.21. The van der Waals surface area contributed by atoms with Gasteiger partial charge < -0.3 is 5.32 Å². The summed E-state index contributed by atoms with van der Waals surface area (Å²) in [6, 6.07) is 8.47. The Morgan fingerprint density at radius 2 is 2.05 bits per heavy atom. The molecule has 0 atom stereocenters. The van der Waals surface area contributed by atoms with Crippen molar-refractivity contribution >= 4 is 11.6 Å². The minimum atomic E-state index is 0.417. The van der Waals surface area contributed by atoms with Gasteiger partial charge in [-0.2, -0.15) is 5.10 Å². The topological polar surface area (TPSA) is 29.9 Å². The van der Waals surface area contributed by atoms with Crippen molar-refractivity contribution in [2.75, 3.05) is 6.54 Å². The van der Waals surface area contributed by atoms with Crippen molar-refractivity contribution < 1.29 is 0 Å². The molecule has 0 saturated carbocycles. The molecule has 0 amide bonds. The Kier molecular flexibility index (Phi) is 3.81. The molecule has 0 bridgehead atoms. The molecule has 106 valence electrons. The maximum absolute atomic E-state index is 5.95. The first-order chi connectivity index (χ1) is 9.65. The van der Waals surface area contributed by atoms with Crippen LogP contribution in [0.4, 0.5) is 0 Å². The van der Waals surface area contributed by atoms with E-state index in [1.165, 1.54) is 22.5 Å². The molecule has 20 heavy (non-hydrogen) atoms. The maximum atomic E-state index is 5.95. The largest absolute Gasteiger partial charge is 0.312 e. The minimum Gasteiger partial charge on any atom is -0.312 e. The molecule has 4 heteroatoms. The van der Waals surface area contributed by atoms with Gasteiger partial charge >= 0.3 is 0 Å². The van der Waals surface area contributed by atoms with E-state index in [0.29, 0.717) is 6.04 Å². The summed E-state index contributed by atoms with van der Waals surface area (Å²) in [5.41, 5.74) is 5.25. The Hall–Kier alpha value is -1.32. The summed E-state index contributed by atoms with van der Waals surface area (Å²) in [6.45, 7) is 6.37. The molecule has 0 spiro atoms. The molecular weight excluding hydrogens is 270 g/mol. The molecule has 0 unspecified atom stereocenters. The van der Waals surface area contributed by atoms with Gasteiger partial charge in [0.2, 0.25) is 0 Å². The highest BCUT2D eigenvalue weighted by Crippen LogP contribution is 2.24. The number of nitrogens with one attached hydrogen (secondary N) is 1. The fourth-order valence-corrected chi connectivity index (χ4v) is 2.94. The van der Waals surface area contributed by atoms with Crippen LogP contribution < -0.4 is 5.32 Å². The quantitative estimate of drug-likeness (QED) is 0.939. The fourth-order valence-electron chi connectivity index (χ4n) is 2.81. The van der Waals surface area contributed by atoms with Gasteiger partial charge in [-0.1, -0.05) is 23.7 Å². The minimum absolute atomic E-state index is 0.417. The van der Waals surface area contributed by atoms with Crippen molar-refractivity contribution in [2.45, 2.75) is 39.3 Å². The van der Waals surface area contributed by atoms with E-state index < -0.39 is 0 Å². The van der Waals surface area contributed by atoms with Crippen LogP contribution in [0.1, 0.15) is 42.4 Å². The van der Waals surface area contributed by atoms with Crippen LogP contribution >= 0.6 is 11.6 Å². The second-order valence-electron chi connectivity index (χ2n) is 5.64. The number of rotatable bonds is 3. The first-order valence-corrected chi connectivity index (χ1v) is 7.57. The molecule has 1 aliphatic rings. The third-order valence-corrected chi connectivity index (χ3v) is 4.07. The van der Waals surface area contributed by atoms with Gasteiger partial charge in [0.25, 0.3) is 0 Å². The smallest absolute Gasteiger partial charge is 0.0716 e. The van der Waals surface area contributed by atoms with Crippen LogP contribution in [-0.4, -0.2) is 16.3 Å². The lowest BCUT2D eigenvalue weighted by Gasteiger charge is -2.17. The van der Waals surface area contributed by atoms with Gasteiger partial charge in [0.05, 0.1) is 5.69 Å². The van der Waals surface area contributed by atoms with Gasteiger partial charge in [-0.15, -0.1) is 0 Å². The van der Waals surface area contributed by atoms with Crippen molar-refractivity contribution in [3.63, 3.8) is 0 Å². The molecule has 0 aliphatic carbocycles. The molecule has 0 radical (unpaired) electrons. The van der Waals surface area contributed by atoms with Crippen molar-refractivity contribution in [3.05, 3.63) is 51.8 Å². The number of aromatic nitrogens is 2. The standard InChI is InChI=1S/C16H20ClN3/c1-11(2)20-16-7-8-18-10-14(16)15(19-20)9-12-3-5-13(17)6-4-12/h3-6,11,18H,7-10H2,1-2H3. The average Bonchev–Trinajstić information content (AvgIpc) is 2.81. The normalized spacial score (nSPS) is 14.6. The van der Waals surface area contributed by atoms with E-state index >= 15 is 0 Å². The molecular formula is C16H20ClN3. The molecule has 2 heterocycles. The van der Waals surface area contributed by atoms with Crippen molar-refractivity contribution in [1.82, 2.24) is 15.1 Å². The Labute approximate surface area is 124 Å². The lowest BCUT2D eigenvalue weighted by molar-refractivity contribution is 0.492. The summed E-state index contributed by atoms with van der Waals surface area (Å²) in [7, 11) is 0. The monoisotopic (exact) mass is 289 g/mol. The SMILES string of the molecule is CC(C)n1nc(Cc2ccc(Cl)cc2)c2c1CCNC2. The second-order valence-corrected chi connectivity index (χ2v) is 6.08. The van der Waals surface area contributed by atoms with Gasteiger partial charge in [-0.3, -0.25) is 4.68 Å². The molecule has 3 nitrogen and oxygen atoms in total. The Balaban J connectivity index is 1.95. The zero-order chi connectivity index (χ0) is 14.1. The van der Waals surface area contributed by atoms with Crippen LogP contribution in [0, 0.1) is 0 Å². The molecule has 1 aliphatic heterocycles. The number of nitrogens with zero attached hydrogens (tertiary/aromatic N) is 2. The summed E-state index contributed by atoms with van der Waals surface area (Å²) in [5, 5.41) is 9.09. The molecule has 1 aromatic carbocycles. The van der Waals surface area contributed by atoms with E-state index in [-0.39, 0.29) is 0 Å². The Morgan fingerprint density at radius 1 is 1.30 bits per heavy atom. The highest BCUT2D eigenvalue weighted by atomic mass is 35.5. The molecule has 1 aromatic heterocycles. The summed E-state index contributed by atoms with van der Waals surface area (Å²) in [5.74, 6) is 0. The first kappa shape index (κ1) is 13.7. The third kappa shape index (κ3) is 2.60. The van der Waals surface area contributed by atoms with Crippen LogP contribution in [-0.2, 0) is 19.4 Å². The number of fused-ring (bicyclic) bond motifs is 1. The summed E-state index contributed by atoms with van der Waals surface area (Å²) in [6.07, 6.45) is 1.95. The van der Waals surface area contributed by atoms with Crippen molar-refractivity contribution in [3.8, 4) is 0 Å². The zero-order valence-electron chi connectivity index (χ0n) is 12.0. The fraction of sp³-hybridized carbons (Fsp3) is 0.438. The van der Waals surface area contributed by atoms with Crippen LogP contribution in [0.3, 0.4) is 0 Å². The van der Waals surface area contributed by atoms with Crippen LogP contribution in [0.2, 0.25) is 5.02 Å². The van der Waals surface area contributed by atoms with Gasteiger partial charge in [0, 0.05) is 48.3 Å². The van der Waals surface area contributed by atoms with E-state index in [1.807, 2.05) is 12.1 Å². The van der Waals surface area contributed by atoms with E-state index in [4.69, 9.17) is 16.7 Å². The van der Waals surface area contributed by atoms with Gasteiger partial charge in [0.15, 0.2) is 0 Å². The number of hydrogen-bond donors (Lipinski definition) is 1. The maximum Gasteiger partial charge on any atom is 0.0716 e. The lowest BCUT2D eigenvalue weighted by atomic mass is 10.0. The predicted molar refractivity (Wildman–Crippen MR) is 82.3 cm³/mol. The zero-order valence-corrected chi connectivity index (χ0v) is 12.7. The van der Waals surface area contributed by atoms with Gasteiger partial charge in [0.1, 0.15) is 0 Å². The van der Waals surface area contributed by atoms with Gasteiger partial charge in [-0.25, -0.2) is 0 Å². The van der Waals surface area contributed by atoms with Gasteiger partial charge in [-0.05, 0) is 31.5 Å². The Morgan fingerprint density at radius 3 is 2.75 bits per heavy atom. The molecule has 1 N–H and O–H groups in total. The van der Waals surface area contributed by atoms with Crippen molar-refractivity contribution in [2.24, 2.45) is 0 Å². The van der Waals surface area contributed by atoms with E-state index in [9.17, 15) is 0 Å². The Bertz CT molecular complexity index is 599. The number of halogens is 1.